The molecule has 3 heterocycles. The average Bonchev–Trinajstić information content (AvgIpc) is 3.19. The minimum absolute atomic E-state index is 0.610. The van der Waals surface area contributed by atoms with Gasteiger partial charge in [0.05, 0.1) is 0 Å². The Hall–Kier alpha value is -6.59. The van der Waals surface area contributed by atoms with E-state index in [9.17, 15) is 0 Å². The number of benzene rings is 5. The Morgan fingerprint density at radius 2 is 0.673 bits per heavy atom. The van der Waals surface area contributed by atoms with Gasteiger partial charge in [0.1, 0.15) is 0 Å². The maximum absolute atomic E-state index is 5.07. The molecule has 0 aliphatic carbocycles. The van der Waals surface area contributed by atoms with Crippen molar-refractivity contribution in [2.24, 2.45) is 0 Å². The lowest BCUT2D eigenvalue weighted by atomic mass is 9.91. The van der Waals surface area contributed by atoms with E-state index in [-0.39, 0.29) is 0 Å². The van der Waals surface area contributed by atoms with E-state index in [0.29, 0.717) is 17.5 Å². The van der Waals surface area contributed by atoms with E-state index in [4.69, 9.17) is 15.0 Å². The SMILES string of the molecule is Cc1ccc(-c2cc(-c3cc(-c4cccnc4)cc(-c4cccnc4)c3)cc(-c3nc(-c4ccccc4)nc(-c4ccccc4)n3)c2)cc1. The third-order valence-electron chi connectivity index (χ3n) is 8.53. The van der Waals surface area contributed by atoms with Crippen molar-refractivity contribution in [1.29, 1.82) is 0 Å². The van der Waals surface area contributed by atoms with Crippen LogP contribution in [-0.4, -0.2) is 24.9 Å². The molecule has 5 aromatic carbocycles. The summed E-state index contributed by atoms with van der Waals surface area (Å²) in [6.45, 7) is 2.11. The highest BCUT2D eigenvalue weighted by molar-refractivity contribution is 5.85. The van der Waals surface area contributed by atoms with Crippen molar-refractivity contribution in [3.63, 3.8) is 0 Å². The Kier molecular flexibility index (Phi) is 8.06. The van der Waals surface area contributed by atoms with E-state index in [1.165, 1.54) is 5.56 Å². The highest BCUT2D eigenvalue weighted by atomic mass is 15.0. The second kappa shape index (κ2) is 13.3. The van der Waals surface area contributed by atoms with Crippen molar-refractivity contribution in [1.82, 2.24) is 24.9 Å². The summed E-state index contributed by atoms with van der Waals surface area (Å²) in [5.41, 5.74) is 12.5. The van der Waals surface area contributed by atoms with Gasteiger partial charge in [-0.05, 0) is 88.8 Å². The van der Waals surface area contributed by atoms with Crippen molar-refractivity contribution < 1.29 is 0 Å². The largest absolute Gasteiger partial charge is 0.264 e. The van der Waals surface area contributed by atoms with Gasteiger partial charge in [-0.1, -0.05) is 103 Å². The second-order valence-electron chi connectivity index (χ2n) is 12.0. The number of rotatable bonds is 7. The van der Waals surface area contributed by atoms with E-state index in [0.717, 1.165) is 61.2 Å². The molecule has 5 nitrogen and oxygen atoms in total. The molecule has 0 saturated heterocycles. The molecule has 0 aliphatic heterocycles. The first-order valence-electron chi connectivity index (χ1n) is 16.2. The van der Waals surface area contributed by atoms with Crippen LogP contribution in [-0.2, 0) is 0 Å². The summed E-state index contributed by atoms with van der Waals surface area (Å²) in [7, 11) is 0. The zero-order chi connectivity index (χ0) is 33.0. The quantitative estimate of drug-likeness (QED) is 0.175. The molecule has 8 aromatic rings. The summed E-state index contributed by atoms with van der Waals surface area (Å²) in [4.78, 5) is 23.9. The van der Waals surface area contributed by atoms with Crippen LogP contribution >= 0.6 is 0 Å². The number of hydrogen-bond acceptors (Lipinski definition) is 5. The van der Waals surface area contributed by atoms with Gasteiger partial charge in [-0.15, -0.1) is 0 Å². The van der Waals surface area contributed by atoms with Crippen LogP contribution in [0, 0.1) is 6.92 Å². The lowest BCUT2D eigenvalue weighted by molar-refractivity contribution is 1.07. The summed E-state index contributed by atoms with van der Waals surface area (Å²) in [5.74, 6) is 1.87. The smallest absolute Gasteiger partial charge is 0.164 e. The minimum Gasteiger partial charge on any atom is -0.264 e. The van der Waals surface area contributed by atoms with Crippen LogP contribution < -0.4 is 0 Å². The summed E-state index contributed by atoms with van der Waals surface area (Å²) in [6.07, 6.45) is 7.41. The minimum atomic E-state index is 0.610. The maximum atomic E-state index is 5.07. The van der Waals surface area contributed by atoms with Gasteiger partial charge in [-0.2, -0.15) is 0 Å². The average molecular weight is 630 g/mol. The van der Waals surface area contributed by atoms with Crippen LogP contribution in [0.1, 0.15) is 5.56 Å². The predicted molar refractivity (Wildman–Crippen MR) is 198 cm³/mol. The second-order valence-corrected chi connectivity index (χ2v) is 12.0. The first kappa shape index (κ1) is 29.8. The summed E-state index contributed by atoms with van der Waals surface area (Å²) in [5, 5.41) is 0. The van der Waals surface area contributed by atoms with Gasteiger partial charge in [0, 0.05) is 52.6 Å². The molecule has 0 atom stereocenters. The van der Waals surface area contributed by atoms with Crippen LogP contribution in [0.3, 0.4) is 0 Å². The van der Waals surface area contributed by atoms with Gasteiger partial charge in [0.25, 0.3) is 0 Å². The van der Waals surface area contributed by atoms with Crippen molar-refractivity contribution in [2.45, 2.75) is 6.92 Å². The molecule has 232 valence electrons. The monoisotopic (exact) mass is 629 g/mol. The van der Waals surface area contributed by atoms with Gasteiger partial charge in [0.2, 0.25) is 0 Å². The molecule has 0 bridgehead atoms. The topological polar surface area (TPSA) is 64.5 Å². The number of aromatic nitrogens is 5. The Morgan fingerprint density at radius 3 is 1.10 bits per heavy atom. The Balaban J connectivity index is 1.37. The number of hydrogen-bond donors (Lipinski definition) is 0. The molecule has 0 N–H and O–H groups in total. The number of pyridine rings is 2. The molecule has 0 fully saturated rings. The van der Waals surface area contributed by atoms with Crippen LogP contribution in [0.5, 0.6) is 0 Å². The fraction of sp³-hybridized carbons (Fsp3) is 0.0227. The maximum Gasteiger partial charge on any atom is 0.164 e. The van der Waals surface area contributed by atoms with Crippen LogP contribution in [0.4, 0.5) is 0 Å². The van der Waals surface area contributed by atoms with E-state index in [1.807, 2.05) is 85.2 Å². The molecule has 0 aliphatic rings. The van der Waals surface area contributed by atoms with E-state index < -0.39 is 0 Å². The Bertz CT molecular complexity index is 2100. The predicted octanol–water partition coefficient (Wildman–Crippen LogP) is 10.6. The van der Waals surface area contributed by atoms with Crippen molar-refractivity contribution in [3.8, 4) is 78.7 Å². The third kappa shape index (κ3) is 6.51. The molecule has 0 unspecified atom stereocenters. The van der Waals surface area contributed by atoms with Gasteiger partial charge >= 0.3 is 0 Å². The van der Waals surface area contributed by atoms with E-state index in [2.05, 4.69) is 89.7 Å². The van der Waals surface area contributed by atoms with Crippen molar-refractivity contribution in [2.75, 3.05) is 0 Å². The summed E-state index contributed by atoms with van der Waals surface area (Å²) < 4.78 is 0. The fourth-order valence-corrected chi connectivity index (χ4v) is 5.97. The molecule has 8 rings (SSSR count). The standard InChI is InChI=1S/C44H31N5/c1-30-16-18-31(19-17-30)36-22-40(39-24-37(34-14-8-20-45-28-34)23-38(25-39)35-15-9-21-46-29-35)27-41(26-36)44-48-42(32-10-4-2-5-11-32)47-43(49-44)33-12-6-3-7-13-33/h2-29H,1H3. The zero-order valence-electron chi connectivity index (χ0n) is 26.9. The molecule has 0 amide bonds. The highest BCUT2D eigenvalue weighted by Gasteiger charge is 2.16. The fourth-order valence-electron chi connectivity index (χ4n) is 5.97. The number of nitrogens with zero attached hydrogens (tertiary/aromatic N) is 5. The molecular weight excluding hydrogens is 599 g/mol. The molecule has 0 spiro atoms. The van der Waals surface area contributed by atoms with E-state index >= 15 is 0 Å². The third-order valence-corrected chi connectivity index (χ3v) is 8.53. The van der Waals surface area contributed by atoms with Gasteiger partial charge in [0.15, 0.2) is 17.5 Å². The molecule has 3 aromatic heterocycles. The Labute approximate surface area is 285 Å². The summed E-state index contributed by atoms with van der Waals surface area (Å²) >= 11 is 0. The highest BCUT2D eigenvalue weighted by Crippen LogP contribution is 2.37. The molecule has 0 saturated carbocycles. The zero-order valence-corrected chi connectivity index (χ0v) is 26.9. The lowest BCUT2D eigenvalue weighted by Crippen LogP contribution is -2.00. The van der Waals surface area contributed by atoms with Gasteiger partial charge < -0.3 is 0 Å². The van der Waals surface area contributed by atoms with Crippen molar-refractivity contribution >= 4 is 0 Å². The summed E-state index contributed by atoms with van der Waals surface area (Å²) in [6, 6.07) is 50.2. The molecule has 0 radical (unpaired) electrons. The number of aryl methyl sites for hydroxylation is 1. The van der Waals surface area contributed by atoms with Gasteiger partial charge in [-0.3, -0.25) is 9.97 Å². The van der Waals surface area contributed by atoms with Crippen LogP contribution in [0.2, 0.25) is 0 Å². The van der Waals surface area contributed by atoms with Gasteiger partial charge in [-0.25, -0.2) is 15.0 Å². The van der Waals surface area contributed by atoms with Crippen LogP contribution in [0.15, 0.2) is 170 Å². The molecular formula is C44H31N5. The normalized spacial score (nSPS) is 11.0. The van der Waals surface area contributed by atoms with E-state index in [1.54, 1.807) is 12.4 Å². The van der Waals surface area contributed by atoms with Crippen molar-refractivity contribution in [3.05, 3.63) is 176 Å². The Morgan fingerprint density at radius 1 is 0.306 bits per heavy atom. The molecule has 5 heteroatoms. The molecule has 49 heavy (non-hydrogen) atoms. The van der Waals surface area contributed by atoms with Crippen LogP contribution in [0.25, 0.3) is 78.7 Å². The first-order valence-corrected chi connectivity index (χ1v) is 16.2. The lowest BCUT2D eigenvalue weighted by Gasteiger charge is -2.15. The first-order chi connectivity index (χ1) is 24.2.